The van der Waals surface area contributed by atoms with Crippen LogP contribution in [0.2, 0.25) is 0 Å². The maximum atomic E-state index is 11.5. The Morgan fingerprint density at radius 1 is 1.44 bits per heavy atom. The number of aliphatic hydroxyl groups excluding tert-OH is 3. The number of hydrogen-bond acceptors (Lipinski definition) is 9. The SMILES string of the molecule is O=c1nc(NO)cnn1[C@@H]1O[C@@H](CO)[C@@H](O)[C@H]1O. The van der Waals surface area contributed by atoms with Gasteiger partial charge < -0.3 is 20.1 Å². The minimum atomic E-state index is -1.41. The molecule has 2 rings (SSSR count). The summed E-state index contributed by atoms with van der Waals surface area (Å²) in [4.78, 5) is 14.9. The number of aromatic nitrogens is 3. The summed E-state index contributed by atoms with van der Waals surface area (Å²) in [6, 6.07) is 0. The van der Waals surface area contributed by atoms with Crippen molar-refractivity contribution in [3.8, 4) is 0 Å². The molecule has 100 valence electrons. The van der Waals surface area contributed by atoms with Gasteiger partial charge in [-0.15, -0.1) is 0 Å². The van der Waals surface area contributed by atoms with Crippen molar-refractivity contribution in [1.82, 2.24) is 14.8 Å². The topological polar surface area (TPSA) is 150 Å². The van der Waals surface area contributed by atoms with Gasteiger partial charge in [-0.3, -0.25) is 10.7 Å². The van der Waals surface area contributed by atoms with Gasteiger partial charge in [-0.2, -0.15) is 14.8 Å². The van der Waals surface area contributed by atoms with E-state index in [1.54, 1.807) is 5.48 Å². The number of ether oxygens (including phenoxy) is 1. The quantitative estimate of drug-likeness (QED) is 0.359. The van der Waals surface area contributed by atoms with Crippen LogP contribution in [-0.2, 0) is 4.74 Å². The van der Waals surface area contributed by atoms with E-state index < -0.39 is 36.8 Å². The first-order chi connectivity index (χ1) is 8.58. The summed E-state index contributed by atoms with van der Waals surface area (Å²) in [6.07, 6.45) is -3.96. The summed E-state index contributed by atoms with van der Waals surface area (Å²) in [6.45, 7) is -0.507. The largest absolute Gasteiger partial charge is 0.394 e. The number of nitrogens with one attached hydrogen (secondary N) is 1. The van der Waals surface area contributed by atoms with Crippen molar-refractivity contribution in [3.63, 3.8) is 0 Å². The third-order valence-corrected chi connectivity index (χ3v) is 2.59. The third-order valence-electron chi connectivity index (χ3n) is 2.59. The summed E-state index contributed by atoms with van der Waals surface area (Å²) in [5, 5.41) is 40.3. The van der Waals surface area contributed by atoms with Gasteiger partial charge >= 0.3 is 5.69 Å². The zero-order valence-corrected chi connectivity index (χ0v) is 9.04. The Morgan fingerprint density at radius 3 is 2.67 bits per heavy atom. The highest BCUT2D eigenvalue weighted by atomic mass is 16.6. The Bertz CT molecular complexity index is 479. The zero-order chi connectivity index (χ0) is 13.3. The summed E-state index contributed by atoms with van der Waals surface area (Å²) >= 11 is 0. The normalized spacial score (nSPS) is 31.6. The van der Waals surface area contributed by atoms with E-state index in [0.29, 0.717) is 4.68 Å². The lowest BCUT2D eigenvalue weighted by molar-refractivity contribution is -0.0617. The lowest BCUT2D eigenvalue weighted by Crippen LogP contribution is -2.37. The number of anilines is 1. The van der Waals surface area contributed by atoms with E-state index in [1.807, 2.05) is 0 Å². The first kappa shape index (κ1) is 12.9. The van der Waals surface area contributed by atoms with Crippen LogP contribution in [0.3, 0.4) is 0 Å². The monoisotopic (exact) mass is 260 g/mol. The first-order valence-electron chi connectivity index (χ1n) is 5.07. The van der Waals surface area contributed by atoms with Crippen molar-refractivity contribution in [1.29, 1.82) is 0 Å². The van der Waals surface area contributed by atoms with E-state index in [1.165, 1.54) is 0 Å². The molecule has 0 saturated carbocycles. The minimum Gasteiger partial charge on any atom is -0.394 e. The molecule has 0 bridgehead atoms. The molecule has 18 heavy (non-hydrogen) atoms. The third kappa shape index (κ3) is 2.07. The fourth-order valence-electron chi connectivity index (χ4n) is 1.66. The van der Waals surface area contributed by atoms with Crippen LogP contribution in [0.4, 0.5) is 5.82 Å². The van der Waals surface area contributed by atoms with Gasteiger partial charge in [0.25, 0.3) is 0 Å². The van der Waals surface area contributed by atoms with Crippen molar-refractivity contribution in [2.45, 2.75) is 24.5 Å². The van der Waals surface area contributed by atoms with Gasteiger partial charge in [0.2, 0.25) is 0 Å². The highest BCUT2D eigenvalue weighted by molar-refractivity contribution is 5.24. The number of hydrogen-bond donors (Lipinski definition) is 5. The van der Waals surface area contributed by atoms with Crippen LogP contribution in [0.5, 0.6) is 0 Å². The van der Waals surface area contributed by atoms with Gasteiger partial charge in [-0.25, -0.2) is 4.79 Å². The maximum Gasteiger partial charge on any atom is 0.368 e. The van der Waals surface area contributed by atoms with Gasteiger partial charge in [0.1, 0.15) is 18.3 Å². The Kier molecular flexibility index (Phi) is 3.54. The molecule has 2 heterocycles. The molecular formula is C8H12N4O6. The smallest absolute Gasteiger partial charge is 0.368 e. The summed E-state index contributed by atoms with van der Waals surface area (Å²) in [5.74, 6) is -0.164. The summed E-state index contributed by atoms with van der Waals surface area (Å²) in [7, 11) is 0. The molecule has 10 nitrogen and oxygen atoms in total. The van der Waals surface area contributed by atoms with Crippen LogP contribution < -0.4 is 11.2 Å². The average molecular weight is 260 g/mol. The molecule has 1 aliphatic heterocycles. The van der Waals surface area contributed by atoms with E-state index in [4.69, 9.17) is 15.1 Å². The molecule has 0 unspecified atom stereocenters. The van der Waals surface area contributed by atoms with Gasteiger partial charge in [0, 0.05) is 0 Å². The summed E-state index contributed by atoms with van der Waals surface area (Å²) < 4.78 is 5.82. The molecule has 0 aliphatic carbocycles. The van der Waals surface area contributed by atoms with Crippen molar-refractivity contribution < 1.29 is 25.3 Å². The van der Waals surface area contributed by atoms with E-state index in [0.717, 1.165) is 6.20 Å². The summed E-state index contributed by atoms with van der Waals surface area (Å²) in [5.41, 5.74) is 0.761. The molecule has 1 aromatic heterocycles. The standard InChI is InChI=1S/C8H12N4O6/c13-2-3-5(14)6(15)7(18-3)12-8(16)10-4(11-17)1-9-12/h1,3,5-7,13-15,17H,2H2,(H,10,11,16)/t3-,5+,6+,7+/m0/s1. The lowest BCUT2D eigenvalue weighted by Gasteiger charge is -2.15. The number of aliphatic hydroxyl groups is 3. The Labute approximate surface area is 100 Å². The van der Waals surface area contributed by atoms with Crippen LogP contribution in [-0.4, -0.2) is 60.2 Å². The lowest BCUT2D eigenvalue weighted by atomic mass is 10.1. The fraction of sp³-hybridized carbons (Fsp3) is 0.625. The van der Waals surface area contributed by atoms with Crippen LogP contribution in [0.25, 0.3) is 0 Å². The van der Waals surface area contributed by atoms with E-state index in [2.05, 4.69) is 10.1 Å². The van der Waals surface area contributed by atoms with Gasteiger partial charge in [0.15, 0.2) is 12.0 Å². The molecule has 0 spiro atoms. The van der Waals surface area contributed by atoms with Crippen LogP contribution in [0.15, 0.2) is 11.0 Å². The first-order valence-corrected chi connectivity index (χ1v) is 5.07. The Morgan fingerprint density at radius 2 is 2.17 bits per heavy atom. The second kappa shape index (κ2) is 4.96. The van der Waals surface area contributed by atoms with Gasteiger partial charge in [0.05, 0.1) is 12.8 Å². The zero-order valence-electron chi connectivity index (χ0n) is 9.04. The number of nitrogens with zero attached hydrogens (tertiary/aromatic N) is 3. The van der Waals surface area contributed by atoms with E-state index in [9.17, 15) is 15.0 Å². The van der Waals surface area contributed by atoms with Crippen LogP contribution in [0, 0.1) is 0 Å². The molecule has 4 atom stereocenters. The molecule has 1 fully saturated rings. The molecule has 1 aromatic rings. The molecule has 0 radical (unpaired) electrons. The van der Waals surface area contributed by atoms with E-state index >= 15 is 0 Å². The van der Waals surface area contributed by atoms with E-state index in [-0.39, 0.29) is 5.82 Å². The fourth-order valence-corrected chi connectivity index (χ4v) is 1.66. The Balaban J connectivity index is 2.30. The molecule has 0 aromatic carbocycles. The van der Waals surface area contributed by atoms with Crippen molar-refractivity contribution in [3.05, 3.63) is 16.7 Å². The highest BCUT2D eigenvalue weighted by Crippen LogP contribution is 2.27. The van der Waals surface area contributed by atoms with Crippen molar-refractivity contribution >= 4 is 5.82 Å². The maximum absolute atomic E-state index is 11.5. The van der Waals surface area contributed by atoms with Crippen LogP contribution >= 0.6 is 0 Å². The molecular weight excluding hydrogens is 248 g/mol. The van der Waals surface area contributed by atoms with Gasteiger partial charge in [-0.05, 0) is 0 Å². The minimum absolute atomic E-state index is 0.164. The van der Waals surface area contributed by atoms with Crippen molar-refractivity contribution in [2.24, 2.45) is 0 Å². The molecule has 1 aliphatic rings. The van der Waals surface area contributed by atoms with Gasteiger partial charge in [-0.1, -0.05) is 0 Å². The molecule has 5 N–H and O–H groups in total. The molecule has 0 amide bonds. The second-order valence-corrected chi connectivity index (χ2v) is 3.71. The van der Waals surface area contributed by atoms with Crippen LogP contribution in [0.1, 0.15) is 6.23 Å². The predicted octanol–water partition coefficient (Wildman–Crippen LogP) is -2.95. The highest BCUT2D eigenvalue weighted by Gasteiger charge is 2.44. The average Bonchev–Trinajstić information content (AvgIpc) is 2.66. The number of rotatable bonds is 3. The second-order valence-electron chi connectivity index (χ2n) is 3.71. The Hall–Kier alpha value is -1.59. The molecule has 1 saturated heterocycles. The molecule has 10 heteroatoms. The van der Waals surface area contributed by atoms with Crippen molar-refractivity contribution in [2.75, 3.05) is 12.1 Å². The predicted molar refractivity (Wildman–Crippen MR) is 54.7 cm³/mol.